The Morgan fingerprint density at radius 2 is 1.86 bits per heavy atom. The lowest BCUT2D eigenvalue weighted by Crippen LogP contribution is -2.25. The molecule has 1 aromatic heterocycles. The molecule has 2 aromatic carbocycles. The van der Waals surface area contributed by atoms with Gasteiger partial charge in [0.2, 0.25) is 0 Å². The Morgan fingerprint density at radius 3 is 2.54 bits per heavy atom. The van der Waals surface area contributed by atoms with Gasteiger partial charge in [0.15, 0.2) is 0 Å². The molecule has 0 aliphatic rings. The fraction of sp³-hybridized carbons (Fsp3) is 0.379. The minimum Gasteiger partial charge on any atom is -0.497 e. The van der Waals surface area contributed by atoms with Crippen molar-refractivity contribution in [2.45, 2.75) is 65.5 Å². The topological polar surface area (TPSA) is 116 Å². The zero-order valence-corrected chi connectivity index (χ0v) is 22.1. The summed E-state index contributed by atoms with van der Waals surface area (Å²) in [5, 5.41) is 6.22. The van der Waals surface area contributed by atoms with Gasteiger partial charge in [-0.3, -0.25) is 4.79 Å². The maximum absolute atomic E-state index is 12.7. The molecule has 0 spiro atoms. The van der Waals surface area contributed by atoms with Gasteiger partial charge in [0.25, 0.3) is 5.91 Å². The highest BCUT2D eigenvalue weighted by Gasteiger charge is 2.16. The van der Waals surface area contributed by atoms with E-state index in [4.69, 9.17) is 19.6 Å². The van der Waals surface area contributed by atoms with Gasteiger partial charge in [-0.05, 0) is 55.7 Å². The van der Waals surface area contributed by atoms with Crippen molar-refractivity contribution < 1.29 is 18.7 Å². The molecule has 8 heteroatoms. The summed E-state index contributed by atoms with van der Waals surface area (Å²) in [6.45, 7) is 6.65. The first-order valence-corrected chi connectivity index (χ1v) is 12.7. The van der Waals surface area contributed by atoms with Crippen molar-refractivity contribution in [3.63, 3.8) is 0 Å². The highest BCUT2D eigenvalue weighted by Crippen LogP contribution is 2.29. The summed E-state index contributed by atoms with van der Waals surface area (Å²) in [4.78, 5) is 25.2. The summed E-state index contributed by atoms with van der Waals surface area (Å²) >= 11 is 0. The molecule has 1 atom stereocenters. The van der Waals surface area contributed by atoms with Crippen LogP contribution in [-0.4, -0.2) is 19.1 Å². The van der Waals surface area contributed by atoms with E-state index in [9.17, 15) is 9.59 Å². The average molecular weight is 508 g/mol. The molecular weight excluding hydrogens is 470 g/mol. The number of nitrogens with two attached hydrogens (primary N) is 1. The molecule has 1 unspecified atom stereocenters. The molecule has 0 aliphatic carbocycles. The number of carbonyl (C=O) groups is 1. The fourth-order valence-electron chi connectivity index (χ4n) is 4.00. The highest BCUT2D eigenvalue weighted by molar-refractivity contribution is 6.03. The van der Waals surface area contributed by atoms with Gasteiger partial charge in [0.05, 0.1) is 13.2 Å². The number of methoxy groups -OCH3 is 1. The van der Waals surface area contributed by atoms with Crippen LogP contribution < -0.4 is 31.5 Å². The van der Waals surface area contributed by atoms with Crippen LogP contribution in [-0.2, 0) is 11.3 Å². The number of unbranched alkanes of at least 4 members (excludes halogenated alkanes) is 1. The number of hydrogen-bond donors (Lipinski definition) is 3. The first-order valence-electron chi connectivity index (χ1n) is 12.7. The molecule has 0 saturated heterocycles. The minimum absolute atomic E-state index is 0.0175. The molecule has 1 heterocycles. The number of ether oxygens (including phenoxy) is 2. The normalized spacial score (nSPS) is 12.3. The molecule has 0 fully saturated rings. The summed E-state index contributed by atoms with van der Waals surface area (Å²) in [5.74, 6) is 0.861. The van der Waals surface area contributed by atoms with Crippen molar-refractivity contribution in [3.8, 4) is 11.5 Å². The summed E-state index contributed by atoms with van der Waals surface area (Å²) in [6.07, 6.45) is 6.73. The lowest BCUT2D eigenvalue weighted by atomic mass is 10.1. The predicted octanol–water partition coefficient (Wildman–Crippen LogP) is 5.38. The smallest absolute Gasteiger partial charge is 0.360 e. The fourth-order valence-corrected chi connectivity index (χ4v) is 4.00. The standard InChI is InChI=1S/C29H37N3O5/c1-5-7-9-23(8-6-2)36-26-15-12-21-16-25(29(34)37-27(21)19(26)3)32-28(33)24(30)18-31-17-20-10-13-22(35-4)14-11-20/h10-16,18,23,31H,5-9,17,30H2,1-4H3,(H,32,33)/b24-18-. The maximum atomic E-state index is 12.7. The predicted molar refractivity (Wildman–Crippen MR) is 147 cm³/mol. The van der Waals surface area contributed by atoms with Crippen molar-refractivity contribution in [3.05, 3.63) is 75.9 Å². The summed E-state index contributed by atoms with van der Waals surface area (Å²) in [5.41, 5.74) is 7.39. The van der Waals surface area contributed by atoms with E-state index in [1.54, 1.807) is 13.2 Å². The first-order chi connectivity index (χ1) is 17.9. The summed E-state index contributed by atoms with van der Waals surface area (Å²) in [6, 6.07) is 12.8. The van der Waals surface area contributed by atoms with Crippen molar-refractivity contribution in [2.75, 3.05) is 12.4 Å². The van der Waals surface area contributed by atoms with Gasteiger partial charge >= 0.3 is 5.63 Å². The van der Waals surface area contributed by atoms with E-state index >= 15 is 0 Å². The number of fused-ring (bicyclic) bond motifs is 1. The van der Waals surface area contributed by atoms with Crippen LogP contribution in [0.5, 0.6) is 11.5 Å². The van der Waals surface area contributed by atoms with Crippen molar-refractivity contribution in [2.24, 2.45) is 5.73 Å². The van der Waals surface area contributed by atoms with E-state index in [1.165, 1.54) is 6.20 Å². The Kier molecular flexibility index (Phi) is 10.0. The van der Waals surface area contributed by atoms with Gasteiger partial charge in [0, 0.05) is 23.7 Å². The molecule has 0 radical (unpaired) electrons. The summed E-state index contributed by atoms with van der Waals surface area (Å²) in [7, 11) is 1.61. The number of amides is 1. The minimum atomic E-state index is -0.656. The molecule has 4 N–H and O–H groups in total. The molecular formula is C29H37N3O5. The lowest BCUT2D eigenvalue weighted by Gasteiger charge is -2.20. The van der Waals surface area contributed by atoms with Crippen LogP contribution in [0.3, 0.4) is 0 Å². The third kappa shape index (κ3) is 7.52. The van der Waals surface area contributed by atoms with Crippen LogP contribution in [0, 0.1) is 6.92 Å². The second-order valence-electron chi connectivity index (χ2n) is 9.01. The van der Waals surface area contributed by atoms with Crippen LogP contribution >= 0.6 is 0 Å². The molecule has 1 amide bonds. The molecule has 3 aromatic rings. The van der Waals surface area contributed by atoms with Crippen molar-refractivity contribution >= 4 is 22.6 Å². The maximum Gasteiger partial charge on any atom is 0.360 e. The Hall–Kier alpha value is -3.94. The second-order valence-corrected chi connectivity index (χ2v) is 9.01. The quantitative estimate of drug-likeness (QED) is 0.210. The zero-order chi connectivity index (χ0) is 26.8. The molecule has 0 bridgehead atoms. The van der Waals surface area contributed by atoms with Crippen LogP contribution in [0.2, 0.25) is 0 Å². The van der Waals surface area contributed by atoms with Crippen LogP contribution in [0.4, 0.5) is 5.69 Å². The van der Waals surface area contributed by atoms with Crippen LogP contribution in [0.25, 0.3) is 11.0 Å². The Labute approximate surface area is 217 Å². The van der Waals surface area contributed by atoms with Crippen molar-refractivity contribution in [1.82, 2.24) is 5.32 Å². The Balaban J connectivity index is 1.69. The highest BCUT2D eigenvalue weighted by atomic mass is 16.5. The van der Waals surface area contributed by atoms with E-state index in [1.807, 2.05) is 43.3 Å². The van der Waals surface area contributed by atoms with E-state index < -0.39 is 11.5 Å². The number of aryl methyl sites for hydroxylation is 1. The van der Waals surface area contributed by atoms with E-state index in [-0.39, 0.29) is 17.5 Å². The number of rotatable bonds is 13. The Morgan fingerprint density at radius 1 is 1.11 bits per heavy atom. The van der Waals surface area contributed by atoms with Gasteiger partial charge in [-0.15, -0.1) is 0 Å². The van der Waals surface area contributed by atoms with E-state index in [0.29, 0.717) is 23.3 Å². The Bertz CT molecular complexity index is 1280. The number of hydrogen-bond acceptors (Lipinski definition) is 7. The molecule has 8 nitrogen and oxygen atoms in total. The monoisotopic (exact) mass is 507 g/mol. The van der Waals surface area contributed by atoms with Gasteiger partial charge in [-0.25, -0.2) is 4.79 Å². The van der Waals surface area contributed by atoms with Crippen molar-refractivity contribution in [1.29, 1.82) is 0 Å². The zero-order valence-electron chi connectivity index (χ0n) is 22.1. The molecule has 0 saturated carbocycles. The number of anilines is 1. The largest absolute Gasteiger partial charge is 0.497 e. The van der Waals surface area contributed by atoms with Gasteiger partial charge in [-0.1, -0.05) is 45.2 Å². The SMILES string of the molecule is CCCCC(CCC)Oc1ccc2cc(NC(=O)/C(N)=C/NCc3ccc(OC)cc3)c(=O)oc2c1C. The average Bonchev–Trinajstić information content (AvgIpc) is 2.90. The molecule has 3 rings (SSSR count). The third-order valence-electron chi connectivity index (χ3n) is 6.12. The molecule has 0 aliphatic heterocycles. The van der Waals surface area contributed by atoms with Crippen LogP contribution in [0.15, 0.2) is 63.6 Å². The number of benzene rings is 2. The molecule has 198 valence electrons. The second kappa shape index (κ2) is 13.4. The summed E-state index contributed by atoms with van der Waals surface area (Å²) < 4.78 is 17.0. The number of carbonyl (C=O) groups excluding carboxylic acids is 1. The lowest BCUT2D eigenvalue weighted by molar-refractivity contribution is -0.112. The van der Waals surface area contributed by atoms with Crippen LogP contribution in [0.1, 0.15) is 57.1 Å². The van der Waals surface area contributed by atoms with Gasteiger partial charge in [-0.2, -0.15) is 0 Å². The first kappa shape index (κ1) is 27.6. The number of nitrogens with one attached hydrogen (secondary N) is 2. The van der Waals surface area contributed by atoms with E-state index in [2.05, 4.69) is 24.5 Å². The van der Waals surface area contributed by atoms with Gasteiger partial charge in [0.1, 0.15) is 28.5 Å². The van der Waals surface area contributed by atoms with E-state index in [0.717, 1.165) is 49.0 Å². The van der Waals surface area contributed by atoms with Gasteiger partial charge < -0.3 is 30.3 Å². The third-order valence-corrected chi connectivity index (χ3v) is 6.12. The molecule has 37 heavy (non-hydrogen) atoms.